The summed E-state index contributed by atoms with van der Waals surface area (Å²) in [4.78, 5) is 0. The molecule has 2 rings (SSSR count). The summed E-state index contributed by atoms with van der Waals surface area (Å²) < 4.78 is 41.7. The van der Waals surface area contributed by atoms with Crippen molar-refractivity contribution in [3.8, 4) is 0 Å². The minimum atomic E-state index is -4.21. The molecule has 2 nitrogen and oxygen atoms in total. The fourth-order valence-corrected chi connectivity index (χ4v) is 3.83. The lowest BCUT2D eigenvalue weighted by molar-refractivity contribution is -0.188. The topological polar surface area (TPSA) is 21.3 Å². The standard InChI is InChI=1S/C16H28F3NO/c1-15(2)8-4-6-13(10-15)20-12-5-3-7-14(9-12)21-11-16(17,18)19/h12-14,20H,3-11H2,1-2H3. The quantitative estimate of drug-likeness (QED) is 0.829. The first-order valence-corrected chi connectivity index (χ1v) is 8.18. The zero-order valence-electron chi connectivity index (χ0n) is 13.1. The van der Waals surface area contributed by atoms with E-state index in [2.05, 4.69) is 19.2 Å². The van der Waals surface area contributed by atoms with Crippen molar-refractivity contribution in [2.75, 3.05) is 6.61 Å². The molecule has 0 radical (unpaired) electrons. The largest absolute Gasteiger partial charge is 0.411 e. The summed E-state index contributed by atoms with van der Waals surface area (Å²) in [5, 5.41) is 3.68. The Morgan fingerprint density at radius 1 is 1.10 bits per heavy atom. The fraction of sp³-hybridized carbons (Fsp3) is 1.00. The molecule has 3 atom stereocenters. The molecule has 0 amide bonds. The van der Waals surface area contributed by atoms with Crippen LogP contribution in [-0.2, 0) is 4.74 Å². The van der Waals surface area contributed by atoms with Crippen molar-refractivity contribution in [3.63, 3.8) is 0 Å². The molecule has 2 saturated carbocycles. The third-order valence-electron chi connectivity index (χ3n) is 4.79. The number of hydrogen-bond acceptors (Lipinski definition) is 2. The first-order valence-electron chi connectivity index (χ1n) is 8.18. The molecule has 3 unspecified atom stereocenters. The SMILES string of the molecule is CC1(C)CCCC(NC2CCCC(OCC(F)(F)F)C2)C1. The van der Waals surface area contributed by atoms with E-state index in [1.54, 1.807) is 0 Å². The van der Waals surface area contributed by atoms with E-state index in [4.69, 9.17) is 4.74 Å². The van der Waals surface area contributed by atoms with Gasteiger partial charge < -0.3 is 10.1 Å². The zero-order valence-corrected chi connectivity index (χ0v) is 13.1. The molecule has 2 aliphatic rings. The van der Waals surface area contributed by atoms with Gasteiger partial charge in [0.05, 0.1) is 6.10 Å². The van der Waals surface area contributed by atoms with Gasteiger partial charge in [-0.15, -0.1) is 0 Å². The molecule has 0 aromatic rings. The van der Waals surface area contributed by atoms with Gasteiger partial charge in [-0.1, -0.05) is 20.3 Å². The van der Waals surface area contributed by atoms with E-state index >= 15 is 0 Å². The minimum absolute atomic E-state index is 0.241. The van der Waals surface area contributed by atoms with Gasteiger partial charge in [0.25, 0.3) is 0 Å². The highest BCUT2D eigenvalue weighted by atomic mass is 19.4. The molecule has 5 heteroatoms. The highest BCUT2D eigenvalue weighted by Gasteiger charge is 2.33. The second kappa shape index (κ2) is 6.86. The Hall–Kier alpha value is -0.290. The van der Waals surface area contributed by atoms with Gasteiger partial charge >= 0.3 is 6.18 Å². The van der Waals surface area contributed by atoms with Gasteiger partial charge in [-0.25, -0.2) is 0 Å². The maximum atomic E-state index is 12.2. The highest BCUT2D eigenvalue weighted by Crippen LogP contribution is 2.36. The number of hydrogen-bond donors (Lipinski definition) is 1. The molecule has 2 fully saturated rings. The first kappa shape index (κ1) is 17.1. The van der Waals surface area contributed by atoms with E-state index in [0.29, 0.717) is 23.9 Å². The van der Waals surface area contributed by atoms with Crippen molar-refractivity contribution in [1.29, 1.82) is 0 Å². The smallest absolute Gasteiger partial charge is 0.369 e. The maximum Gasteiger partial charge on any atom is 0.411 e. The average molecular weight is 307 g/mol. The molecule has 0 aromatic carbocycles. The lowest BCUT2D eigenvalue weighted by atomic mass is 9.75. The van der Waals surface area contributed by atoms with Gasteiger partial charge in [-0.05, 0) is 50.4 Å². The molecule has 0 aliphatic heterocycles. The summed E-state index contributed by atoms with van der Waals surface area (Å²) in [7, 11) is 0. The van der Waals surface area contributed by atoms with Crippen molar-refractivity contribution in [3.05, 3.63) is 0 Å². The van der Waals surface area contributed by atoms with Crippen molar-refractivity contribution in [2.24, 2.45) is 5.41 Å². The van der Waals surface area contributed by atoms with Gasteiger partial charge in [0, 0.05) is 12.1 Å². The van der Waals surface area contributed by atoms with Crippen LogP contribution in [0.2, 0.25) is 0 Å². The molecular weight excluding hydrogens is 279 g/mol. The number of nitrogens with one attached hydrogen (secondary N) is 1. The second-order valence-corrected chi connectivity index (χ2v) is 7.54. The Labute approximate surface area is 125 Å². The predicted molar refractivity (Wildman–Crippen MR) is 77.2 cm³/mol. The van der Waals surface area contributed by atoms with Crippen LogP contribution in [0.3, 0.4) is 0 Å². The zero-order chi connectivity index (χ0) is 15.5. The van der Waals surface area contributed by atoms with Crippen molar-refractivity contribution < 1.29 is 17.9 Å². The second-order valence-electron chi connectivity index (χ2n) is 7.54. The monoisotopic (exact) mass is 307 g/mol. The number of rotatable bonds is 4. The van der Waals surface area contributed by atoms with Crippen molar-refractivity contribution in [1.82, 2.24) is 5.32 Å². The molecule has 2 aliphatic carbocycles. The van der Waals surface area contributed by atoms with Crippen LogP contribution in [0.5, 0.6) is 0 Å². The molecular formula is C16H28F3NO. The van der Waals surface area contributed by atoms with E-state index in [9.17, 15) is 13.2 Å². The lowest BCUT2D eigenvalue weighted by Gasteiger charge is -2.39. The third kappa shape index (κ3) is 6.15. The summed E-state index contributed by atoms with van der Waals surface area (Å²) in [6, 6.07) is 0.830. The first-order chi connectivity index (χ1) is 9.73. The number of halogens is 3. The highest BCUT2D eigenvalue weighted by molar-refractivity contribution is 4.87. The Bertz CT molecular complexity index is 330. The van der Waals surface area contributed by atoms with Gasteiger partial charge in [0.1, 0.15) is 6.61 Å². The molecule has 1 N–H and O–H groups in total. The molecule has 21 heavy (non-hydrogen) atoms. The lowest BCUT2D eigenvalue weighted by Crippen LogP contribution is -2.46. The van der Waals surface area contributed by atoms with E-state index in [1.807, 2.05) is 0 Å². The summed E-state index contributed by atoms with van der Waals surface area (Å²) in [6.07, 6.45) is 3.89. The molecule has 0 aromatic heterocycles. The molecule has 0 spiro atoms. The van der Waals surface area contributed by atoms with Crippen LogP contribution in [0.4, 0.5) is 13.2 Å². The average Bonchev–Trinajstić information content (AvgIpc) is 2.35. The van der Waals surface area contributed by atoms with Crippen molar-refractivity contribution >= 4 is 0 Å². The van der Waals surface area contributed by atoms with Crippen LogP contribution in [-0.4, -0.2) is 31.0 Å². The Morgan fingerprint density at radius 3 is 2.48 bits per heavy atom. The van der Waals surface area contributed by atoms with Gasteiger partial charge in [0.15, 0.2) is 0 Å². The van der Waals surface area contributed by atoms with Gasteiger partial charge in [-0.2, -0.15) is 13.2 Å². The van der Waals surface area contributed by atoms with E-state index in [0.717, 1.165) is 25.7 Å². The van der Waals surface area contributed by atoms with Crippen LogP contribution in [0, 0.1) is 5.41 Å². The van der Waals surface area contributed by atoms with Crippen molar-refractivity contribution in [2.45, 2.75) is 89.6 Å². The molecule has 124 valence electrons. The summed E-state index contributed by atoms with van der Waals surface area (Å²) in [5.74, 6) is 0. The van der Waals surface area contributed by atoms with Crippen LogP contribution in [0.1, 0.15) is 65.2 Å². The summed E-state index contributed by atoms with van der Waals surface area (Å²) in [5.41, 5.74) is 0.386. The Morgan fingerprint density at radius 2 is 1.81 bits per heavy atom. The van der Waals surface area contributed by atoms with E-state index in [-0.39, 0.29) is 6.10 Å². The van der Waals surface area contributed by atoms with E-state index < -0.39 is 12.8 Å². The normalized spacial score (nSPS) is 33.9. The Balaban J connectivity index is 1.76. The van der Waals surface area contributed by atoms with Crippen LogP contribution in [0.25, 0.3) is 0 Å². The van der Waals surface area contributed by atoms with Gasteiger partial charge in [-0.3, -0.25) is 0 Å². The molecule has 0 bridgehead atoms. The van der Waals surface area contributed by atoms with E-state index in [1.165, 1.54) is 19.3 Å². The van der Waals surface area contributed by atoms with Gasteiger partial charge in [0.2, 0.25) is 0 Å². The molecule has 0 saturated heterocycles. The summed E-state index contributed by atoms with van der Waals surface area (Å²) >= 11 is 0. The number of alkyl halides is 3. The maximum absolute atomic E-state index is 12.2. The number of ether oxygens (including phenoxy) is 1. The fourth-order valence-electron chi connectivity index (χ4n) is 3.83. The van der Waals surface area contributed by atoms with Crippen LogP contribution in [0.15, 0.2) is 0 Å². The minimum Gasteiger partial charge on any atom is -0.369 e. The predicted octanol–water partition coefficient (Wildman–Crippen LogP) is 4.43. The third-order valence-corrected chi connectivity index (χ3v) is 4.79. The van der Waals surface area contributed by atoms with Crippen LogP contribution < -0.4 is 5.32 Å². The molecule has 0 heterocycles. The Kier molecular flexibility index (Phi) is 5.58. The van der Waals surface area contributed by atoms with Crippen LogP contribution >= 0.6 is 0 Å². The summed E-state index contributed by atoms with van der Waals surface area (Å²) in [6.45, 7) is 3.49.